The summed E-state index contributed by atoms with van der Waals surface area (Å²) < 4.78 is 19.1. The van der Waals surface area contributed by atoms with E-state index in [-0.39, 0.29) is 31.9 Å². The molecule has 0 aliphatic carbocycles. The van der Waals surface area contributed by atoms with Gasteiger partial charge in [-0.1, -0.05) is 59.7 Å². The average molecular weight is 734 g/mol. The summed E-state index contributed by atoms with van der Waals surface area (Å²) in [6.45, 7) is 13.1. The Labute approximate surface area is 259 Å². The van der Waals surface area contributed by atoms with Gasteiger partial charge in [-0.25, -0.2) is 0 Å². The third-order valence-electron chi connectivity index (χ3n) is 7.54. The minimum atomic E-state index is -0.0349. The van der Waals surface area contributed by atoms with Gasteiger partial charge in [0.15, 0.2) is 5.58 Å². The zero-order valence-electron chi connectivity index (χ0n) is 24.4. The Morgan fingerprint density at radius 2 is 1.40 bits per heavy atom. The molecular formula is C36H30N2O3Pt. The fourth-order valence-corrected chi connectivity index (χ4v) is 5.19. The van der Waals surface area contributed by atoms with Gasteiger partial charge in [0.25, 0.3) is 5.88 Å². The summed E-state index contributed by atoms with van der Waals surface area (Å²) in [5, 5.41) is 1.78. The summed E-state index contributed by atoms with van der Waals surface area (Å²) in [5.41, 5.74) is 8.22. The molecule has 3 aromatic carbocycles. The molecule has 0 fully saturated rings. The minimum absolute atomic E-state index is 0. The van der Waals surface area contributed by atoms with Crippen molar-refractivity contribution in [3.05, 3.63) is 96.1 Å². The summed E-state index contributed by atoms with van der Waals surface area (Å²) in [6, 6.07) is 30.6. The van der Waals surface area contributed by atoms with Crippen LogP contribution in [-0.4, -0.2) is 9.97 Å². The molecule has 0 aliphatic rings. The maximum atomic E-state index is 6.40. The number of pyridine rings is 2. The Balaban J connectivity index is 0.00000316. The van der Waals surface area contributed by atoms with Gasteiger partial charge in [-0.15, -0.1) is 70.8 Å². The molecule has 6 heteroatoms. The molecule has 0 radical (unpaired) electrons. The molecule has 0 atom stereocenters. The number of hydrogen-bond acceptors (Lipinski definition) is 5. The van der Waals surface area contributed by atoms with Crippen LogP contribution < -0.4 is 4.74 Å². The minimum Gasteiger partial charge on any atom is -0.463 e. The summed E-state index contributed by atoms with van der Waals surface area (Å²) in [5.74, 6) is 0.745. The van der Waals surface area contributed by atoms with Crippen molar-refractivity contribution in [3.63, 3.8) is 0 Å². The first-order valence-corrected chi connectivity index (χ1v) is 13.8. The predicted octanol–water partition coefficient (Wildman–Crippen LogP) is 9.88. The van der Waals surface area contributed by atoms with E-state index in [0.717, 1.165) is 38.8 Å². The Kier molecular flexibility index (Phi) is 6.78. The predicted molar refractivity (Wildman–Crippen MR) is 163 cm³/mol. The van der Waals surface area contributed by atoms with E-state index in [1.54, 1.807) is 0 Å². The van der Waals surface area contributed by atoms with Crippen LogP contribution in [0.5, 0.6) is 11.8 Å². The first-order valence-electron chi connectivity index (χ1n) is 13.8. The number of aromatic nitrogens is 2. The summed E-state index contributed by atoms with van der Waals surface area (Å²) in [4.78, 5) is 9.77. The summed E-state index contributed by atoms with van der Waals surface area (Å²) in [7, 11) is 0. The van der Waals surface area contributed by atoms with E-state index in [4.69, 9.17) is 23.5 Å². The van der Waals surface area contributed by atoms with Gasteiger partial charge in [0, 0.05) is 5.69 Å². The Bertz CT molecular complexity index is 2040. The fraction of sp³-hybridized carbons (Fsp3) is 0.222. The first kappa shape index (κ1) is 28.2. The van der Waals surface area contributed by atoms with E-state index in [0.29, 0.717) is 28.6 Å². The van der Waals surface area contributed by atoms with Crippen LogP contribution in [0.15, 0.2) is 81.6 Å². The van der Waals surface area contributed by atoms with Crippen LogP contribution in [0.1, 0.15) is 52.7 Å². The topological polar surface area (TPSA) is 61.3 Å². The van der Waals surface area contributed by atoms with Gasteiger partial charge in [-0.05, 0) is 34.7 Å². The molecule has 0 amide bonds. The number of furan rings is 2. The van der Waals surface area contributed by atoms with Gasteiger partial charge < -0.3 is 13.6 Å². The third-order valence-corrected chi connectivity index (χ3v) is 7.54. The quantitative estimate of drug-likeness (QED) is 0.169. The average Bonchev–Trinajstić information content (AvgIpc) is 3.54. The van der Waals surface area contributed by atoms with Crippen LogP contribution >= 0.6 is 0 Å². The Hall–Kier alpha value is -3.95. The van der Waals surface area contributed by atoms with Gasteiger partial charge in [-0.3, -0.25) is 9.97 Å². The van der Waals surface area contributed by atoms with Crippen LogP contribution in [0.25, 0.3) is 55.6 Å². The largest absolute Gasteiger partial charge is 2.00 e. The molecule has 212 valence electrons. The Morgan fingerprint density at radius 1 is 0.690 bits per heavy atom. The smallest absolute Gasteiger partial charge is 0.463 e. The number of ether oxygens (including phenoxy) is 1. The second-order valence-corrected chi connectivity index (χ2v) is 12.6. The maximum absolute atomic E-state index is 6.40. The van der Waals surface area contributed by atoms with Crippen molar-refractivity contribution >= 4 is 33.1 Å². The molecule has 0 unspecified atom stereocenters. The van der Waals surface area contributed by atoms with Crippen LogP contribution in [0.4, 0.5) is 0 Å². The monoisotopic (exact) mass is 733 g/mol. The third kappa shape index (κ3) is 4.80. The molecule has 0 spiro atoms. The summed E-state index contributed by atoms with van der Waals surface area (Å²) >= 11 is 0. The molecular weight excluding hydrogens is 703 g/mol. The van der Waals surface area contributed by atoms with E-state index in [1.165, 1.54) is 11.1 Å². The van der Waals surface area contributed by atoms with E-state index in [9.17, 15) is 0 Å². The number of nitrogens with zero attached hydrogens (tertiary/aromatic N) is 2. The molecule has 4 aromatic heterocycles. The number of benzene rings is 3. The van der Waals surface area contributed by atoms with Gasteiger partial charge in [0.1, 0.15) is 16.7 Å². The fourth-order valence-electron chi connectivity index (χ4n) is 5.19. The summed E-state index contributed by atoms with van der Waals surface area (Å²) in [6.07, 6.45) is 0. The van der Waals surface area contributed by atoms with Gasteiger partial charge in [-0.2, -0.15) is 0 Å². The van der Waals surface area contributed by atoms with Gasteiger partial charge in [0.2, 0.25) is 5.88 Å². The molecule has 0 N–H and O–H groups in total. The van der Waals surface area contributed by atoms with Crippen molar-refractivity contribution in [2.75, 3.05) is 0 Å². The SMILES string of the molecule is CC(C)(C)c1c[c-]c(-c2cccc(Oc3nc(-c4[c-]ccc(C(C)(C)C)c4)c4oc5cccc6oc3c4c65)n2)cc1.[Pt+2]. The maximum Gasteiger partial charge on any atom is 2.00 e. The second-order valence-electron chi connectivity index (χ2n) is 12.6. The van der Waals surface area contributed by atoms with Gasteiger partial charge >= 0.3 is 21.1 Å². The molecule has 7 aromatic rings. The van der Waals surface area contributed by atoms with Crippen molar-refractivity contribution < 1.29 is 34.6 Å². The zero-order chi connectivity index (χ0) is 28.5. The van der Waals surface area contributed by atoms with E-state index in [2.05, 4.69) is 77.9 Å². The Morgan fingerprint density at radius 3 is 2.10 bits per heavy atom. The molecule has 42 heavy (non-hydrogen) atoms. The number of hydrogen-bond donors (Lipinski definition) is 0. The van der Waals surface area contributed by atoms with Crippen molar-refractivity contribution in [1.29, 1.82) is 0 Å². The van der Waals surface area contributed by atoms with Crippen LogP contribution in [0.2, 0.25) is 0 Å². The molecule has 0 saturated heterocycles. The van der Waals surface area contributed by atoms with E-state index >= 15 is 0 Å². The van der Waals surface area contributed by atoms with Crippen LogP contribution in [0, 0.1) is 12.1 Å². The molecule has 0 bridgehead atoms. The van der Waals surface area contributed by atoms with Crippen LogP contribution in [0.3, 0.4) is 0 Å². The normalized spacial score (nSPS) is 12.3. The van der Waals surface area contributed by atoms with E-state index < -0.39 is 0 Å². The molecule has 0 aliphatic heterocycles. The molecule has 0 saturated carbocycles. The van der Waals surface area contributed by atoms with Crippen molar-refractivity contribution in [1.82, 2.24) is 9.97 Å². The van der Waals surface area contributed by atoms with E-state index in [1.807, 2.05) is 48.5 Å². The van der Waals surface area contributed by atoms with Crippen LogP contribution in [-0.2, 0) is 31.9 Å². The van der Waals surface area contributed by atoms with Gasteiger partial charge in [0.05, 0.1) is 10.8 Å². The molecule has 7 rings (SSSR count). The first-order chi connectivity index (χ1) is 19.6. The molecule has 5 nitrogen and oxygen atoms in total. The standard InChI is InChI=1S/C36H30N2O3.Pt/c1-35(2,3)23-18-16-21(17-19-23)25-12-8-15-28(37-25)41-34-33-30-29-26(13-9-14-27(29)40-33)39-32(30)31(38-34)22-10-7-11-24(20-22)36(4,5)6;/h7-9,11-16,18-20H,1-6H3;/q-2;+2. The van der Waals surface area contributed by atoms with Crippen molar-refractivity contribution in [2.24, 2.45) is 0 Å². The molecule has 4 heterocycles. The number of rotatable bonds is 4. The zero-order valence-corrected chi connectivity index (χ0v) is 26.6. The van der Waals surface area contributed by atoms with Crippen molar-refractivity contribution in [2.45, 2.75) is 52.4 Å². The van der Waals surface area contributed by atoms with Crippen molar-refractivity contribution in [3.8, 4) is 34.3 Å². The second kappa shape index (κ2) is 10.1.